The molecule has 1 heterocycles. The Morgan fingerprint density at radius 2 is 1.83 bits per heavy atom. The number of rotatable bonds is 7. The van der Waals surface area contributed by atoms with Gasteiger partial charge < -0.3 is 24.8 Å². The zero-order valence-corrected chi connectivity index (χ0v) is 17.0. The highest BCUT2D eigenvalue weighted by Gasteiger charge is 2.21. The number of anilines is 3. The Balaban J connectivity index is 1.93. The smallest absolute Gasteiger partial charge is 0.356 e. The third kappa shape index (κ3) is 4.96. The molecule has 2 aromatic carbocycles. The molecule has 1 fully saturated rings. The molecule has 0 aromatic heterocycles. The van der Waals surface area contributed by atoms with Crippen LogP contribution >= 0.6 is 0 Å². The Morgan fingerprint density at radius 3 is 2.53 bits per heavy atom. The number of nitrogens with one attached hydrogen (secondary N) is 3. The molecule has 1 unspecified atom stereocenters. The first-order valence-electron chi connectivity index (χ1n) is 9.67. The predicted octanol–water partition coefficient (Wildman–Crippen LogP) is 3.70. The van der Waals surface area contributed by atoms with Crippen LogP contribution in [0.15, 0.2) is 42.5 Å². The summed E-state index contributed by atoms with van der Waals surface area (Å²) in [5, 5.41) is 14.7. The van der Waals surface area contributed by atoms with Crippen molar-refractivity contribution < 1.29 is 23.8 Å². The van der Waals surface area contributed by atoms with Gasteiger partial charge in [0.15, 0.2) is 0 Å². The molecule has 1 aliphatic heterocycles. The van der Waals surface area contributed by atoms with E-state index in [0.717, 1.165) is 19.3 Å². The van der Waals surface area contributed by atoms with E-state index in [1.165, 1.54) is 14.2 Å². The van der Waals surface area contributed by atoms with Gasteiger partial charge in [-0.15, -0.1) is 0 Å². The summed E-state index contributed by atoms with van der Waals surface area (Å²) in [5.74, 6) is -1.17. The molecule has 30 heavy (non-hydrogen) atoms. The van der Waals surface area contributed by atoms with Gasteiger partial charge in [-0.2, -0.15) is 0 Å². The molecule has 3 N–H and O–H groups in total. The quantitative estimate of drug-likeness (QED) is 0.471. The number of methoxy groups -OCH3 is 2. The number of benzene rings is 2. The van der Waals surface area contributed by atoms with Gasteiger partial charge in [-0.25, -0.2) is 9.59 Å². The second-order valence-electron chi connectivity index (χ2n) is 6.79. The number of hydrogen-bond acceptors (Lipinski definition) is 8. The first-order chi connectivity index (χ1) is 14.5. The van der Waals surface area contributed by atoms with Crippen LogP contribution in [0.4, 0.5) is 17.1 Å². The molecule has 8 nitrogen and oxygen atoms in total. The van der Waals surface area contributed by atoms with E-state index in [-0.39, 0.29) is 11.9 Å². The fourth-order valence-corrected chi connectivity index (χ4v) is 3.24. The fraction of sp³-hybridized carbons (Fsp3) is 0.318. The van der Waals surface area contributed by atoms with Crippen LogP contribution in [-0.4, -0.2) is 44.7 Å². The summed E-state index contributed by atoms with van der Waals surface area (Å²) in [6, 6.07) is 12.2. The molecule has 1 aliphatic rings. The second kappa shape index (κ2) is 9.89. The van der Waals surface area contributed by atoms with E-state index in [1.54, 1.807) is 36.4 Å². The maximum absolute atomic E-state index is 12.0. The lowest BCUT2D eigenvalue weighted by Crippen LogP contribution is -2.28. The average Bonchev–Trinajstić information content (AvgIpc) is 2.79. The first-order valence-corrected chi connectivity index (χ1v) is 9.67. The monoisotopic (exact) mass is 411 g/mol. The van der Waals surface area contributed by atoms with Gasteiger partial charge >= 0.3 is 11.9 Å². The van der Waals surface area contributed by atoms with E-state index in [2.05, 4.69) is 10.6 Å². The molecule has 0 aliphatic carbocycles. The Bertz CT molecular complexity index is 938. The van der Waals surface area contributed by atoms with Crippen LogP contribution in [0.3, 0.4) is 0 Å². The largest absolute Gasteiger partial charge is 0.465 e. The topological polar surface area (TPSA) is 110 Å². The van der Waals surface area contributed by atoms with Crippen LogP contribution in [0.5, 0.6) is 0 Å². The average molecular weight is 411 g/mol. The highest BCUT2D eigenvalue weighted by atomic mass is 16.5. The number of carbonyl (C=O) groups is 2. The fourth-order valence-electron chi connectivity index (χ4n) is 3.24. The lowest BCUT2D eigenvalue weighted by Gasteiger charge is -2.26. The van der Waals surface area contributed by atoms with Gasteiger partial charge in [-0.1, -0.05) is 12.1 Å². The molecule has 0 bridgehead atoms. The number of hydrogen-bond donors (Lipinski definition) is 3. The summed E-state index contributed by atoms with van der Waals surface area (Å²) in [7, 11) is 2.58. The van der Waals surface area contributed by atoms with Crippen LogP contribution < -0.4 is 10.6 Å². The van der Waals surface area contributed by atoms with Gasteiger partial charge in [0.25, 0.3) is 0 Å². The molecule has 0 saturated carbocycles. The molecular weight excluding hydrogens is 386 g/mol. The van der Waals surface area contributed by atoms with Gasteiger partial charge in [0.1, 0.15) is 11.9 Å². The summed E-state index contributed by atoms with van der Waals surface area (Å²) >= 11 is 0. The van der Waals surface area contributed by atoms with E-state index < -0.39 is 11.9 Å². The van der Waals surface area contributed by atoms with Crippen molar-refractivity contribution in [2.75, 3.05) is 31.5 Å². The van der Waals surface area contributed by atoms with Gasteiger partial charge in [0.2, 0.25) is 0 Å². The maximum Gasteiger partial charge on any atom is 0.356 e. The Labute approximate surface area is 175 Å². The summed E-state index contributed by atoms with van der Waals surface area (Å²) in [4.78, 5) is 23.9. The van der Waals surface area contributed by atoms with Crippen molar-refractivity contribution in [3.8, 4) is 0 Å². The van der Waals surface area contributed by atoms with Crippen molar-refractivity contribution in [3.63, 3.8) is 0 Å². The Hall–Kier alpha value is -3.39. The minimum Gasteiger partial charge on any atom is -0.465 e. The molecule has 0 amide bonds. The van der Waals surface area contributed by atoms with E-state index in [1.807, 2.05) is 6.07 Å². The van der Waals surface area contributed by atoms with Crippen molar-refractivity contribution >= 4 is 34.7 Å². The number of esters is 2. The van der Waals surface area contributed by atoms with Crippen molar-refractivity contribution in [1.29, 1.82) is 5.41 Å². The Kier molecular flexibility index (Phi) is 7.03. The molecule has 0 radical (unpaired) electrons. The van der Waals surface area contributed by atoms with E-state index >= 15 is 0 Å². The van der Waals surface area contributed by atoms with E-state index in [9.17, 15) is 9.59 Å². The van der Waals surface area contributed by atoms with Crippen molar-refractivity contribution in [1.82, 2.24) is 0 Å². The minimum absolute atomic E-state index is 0.208. The van der Waals surface area contributed by atoms with Gasteiger partial charge in [0, 0.05) is 23.5 Å². The SMILES string of the molecule is COC(=O)C(=N)c1ccc(Nc2ccccc2C(=O)OC)cc1NC1CCCCO1. The summed E-state index contributed by atoms with van der Waals surface area (Å²) < 4.78 is 15.3. The third-order valence-electron chi connectivity index (χ3n) is 4.79. The normalized spacial score (nSPS) is 15.7. The van der Waals surface area contributed by atoms with Crippen LogP contribution in [0.2, 0.25) is 0 Å². The number of para-hydroxylation sites is 1. The zero-order valence-electron chi connectivity index (χ0n) is 17.0. The molecule has 1 saturated heterocycles. The molecule has 158 valence electrons. The lowest BCUT2D eigenvalue weighted by molar-refractivity contribution is -0.132. The highest BCUT2D eigenvalue weighted by molar-refractivity contribution is 6.43. The second-order valence-corrected chi connectivity index (χ2v) is 6.79. The van der Waals surface area contributed by atoms with Gasteiger partial charge in [-0.3, -0.25) is 5.41 Å². The molecule has 2 aromatic rings. The number of carbonyl (C=O) groups excluding carboxylic acids is 2. The molecule has 0 spiro atoms. The van der Waals surface area contributed by atoms with Gasteiger partial charge in [0.05, 0.1) is 25.5 Å². The molecule has 8 heteroatoms. The van der Waals surface area contributed by atoms with Crippen molar-refractivity contribution in [2.24, 2.45) is 0 Å². The highest BCUT2D eigenvalue weighted by Crippen LogP contribution is 2.28. The van der Waals surface area contributed by atoms with Crippen LogP contribution in [0.1, 0.15) is 35.2 Å². The Morgan fingerprint density at radius 1 is 1.03 bits per heavy atom. The zero-order chi connectivity index (χ0) is 21.5. The van der Waals surface area contributed by atoms with Crippen molar-refractivity contribution in [3.05, 3.63) is 53.6 Å². The van der Waals surface area contributed by atoms with Crippen LogP contribution in [0, 0.1) is 5.41 Å². The molecular formula is C22H25N3O5. The van der Waals surface area contributed by atoms with E-state index in [4.69, 9.17) is 19.6 Å². The summed E-state index contributed by atoms with van der Waals surface area (Å²) in [6.45, 7) is 0.659. The van der Waals surface area contributed by atoms with Crippen molar-refractivity contribution in [2.45, 2.75) is 25.5 Å². The lowest BCUT2D eigenvalue weighted by atomic mass is 10.1. The predicted molar refractivity (Wildman–Crippen MR) is 114 cm³/mol. The first kappa shape index (κ1) is 21.3. The third-order valence-corrected chi connectivity index (χ3v) is 4.79. The van der Waals surface area contributed by atoms with Crippen LogP contribution in [-0.2, 0) is 19.0 Å². The number of ether oxygens (including phenoxy) is 3. The van der Waals surface area contributed by atoms with Gasteiger partial charge in [-0.05, 0) is 49.6 Å². The summed E-state index contributed by atoms with van der Waals surface area (Å²) in [5.41, 5.74) is 2.38. The summed E-state index contributed by atoms with van der Waals surface area (Å²) in [6.07, 6.45) is 2.66. The maximum atomic E-state index is 12.0. The molecule has 1 atom stereocenters. The molecule has 3 rings (SSSR count). The van der Waals surface area contributed by atoms with Crippen LogP contribution in [0.25, 0.3) is 0 Å². The standard InChI is InChI=1S/C22H25N3O5/c1-28-21(26)16-7-3-4-8-17(16)24-14-10-11-15(20(23)22(27)29-2)18(13-14)25-19-9-5-6-12-30-19/h3-4,7-8,10-11,13,19,23-25H,5-6,9,12H2,1-2H3. The minimum atomic E-state index is -0.723. The van der Waals surface area contributed by atoms with E-state index in [0.29, 0.717) is 34.8 Å².